The number of rotatable bonds is 2. The molecule has 1 aliphatic rings. The summed E-state index contributed by atoms with van der Waals surface area (Å²) in [5.41, 5.74) is 0.633. The Hall–Kier alpha value is -1.52. The van der Waals surface area contributed by atoms with Crippen LogP contribution in [0.3, 0.4) is 0 Å². The van der Waals surface area contributed by atoms with Crippen LogP contribution in [0.2, 0.25) is 0 Å². The lowest BCUT2D eigenvalue weighted by molar-refractivity contribution is 0.00218. The van der Waals surface area contributed by atoms with Gasteiger partial charge in [0.2, 0.25) is 0 Å². The van der Waals surface area contributed by atoms with Crippen molar-refractivity contribution < 1.29 is 9.53 Å². The molecule has 1 aliphatic heterocycles. The Morgan fingerprint density at radius 2 is 2.14 bits per heavy atom. The predicted molar refractivity (Wildman–Crippen MR) is 81.9 cm³/mol. The smallest absolute Gasteiger partial charge is 0.410 e. The van der Waals surface area contributed by atoms with Crippen molar-refractivity contribution in [3.05, 3.63) is 18.0 Å². The van der Waals surface area contributed by atoms with Crippen molar-refractivity contribution in [3.63, 3.8) is 0 Å². The van der Waals surface area contributed by atoms with Crippen LogP contribution in [0.15, 0.2) is 12.4 Å². The monoisotopic (exact) mass is 293 g/mol. The number of hydrogen-bond donors (Lipinski definition) is 0. The van der Waals surface area contributed by atoms with Crippen LogP contribution in [-0.4, -0.2) is 32.9 Å². The molecule has 2 atom stereocenters. The summed E-state index contributed by atoms with van der Waals surface area (Å²) in [6, 6.07) is 0.0800. The first kappa shape index (κ1) is 15.9. The number of aryl methyl sites for hydroxylation is 1. The van der Waals surface area contributed by atoms with Crippen molar-refractivity contribution in [2.45, 2.75) is 58.6 Å². The first-order valence-corrected chi connectivity index (χ1v) is 7.78. The quantitative estimate of drug-likeness (QED) is 0.838. The summed E-state index contributed by atoms with van der Waals surface area (Å²) in [7, 11) is 1.90. The molecule has 0 bridgehead atoms. The standard InChI is InChI=1S/C16H27N3O2/c1-6-12-7-8-14(13-9-17-18(5)11-13)19(10-12)15(20)21-16(2,3)4/h9,11-12,14H,6-8,10H2,1-5H3/t12-,14+/m1/s1. The van der Waals surface area contributed by atoms with Crippen molar-refractivity contribution in [2.75, 3.05) is 6.54 Å². The van der Waals surface area contributed by atoms with Gasteiger partial charge in [-0.2, -0.15) is 5.10 Å². The van der Waals surface area contributed by atoms with Gasteiger partial charge in [-0.25, -0.2) is 4.79 Å². The van der Waals surface area contributed by atoms with Gasteiger partial charge in [-0.3, -0.25) is 4.68 Å². The van der Waals surface area contributed by atoms with Crippen LogP contribution >= 0.6 is 0 Å². The van der Waals surface area contributed by atoms with Crippen LogP contribution in [0.25, 0.3) is 0 Å². The minimum Gasteiger partial charge on any atom is -0.444 e. The maximum Gasteiger partial charge on any atom is 0.410 e. The lowest BCUT2D eigenvalue weighted by Crippen LogP contribution is -2.44. The number of aromatic nitrogens is 2. The van der Waals surface area contributed by atoms with E-state index in [1.165, 1.54) is 0 Å². The maximum absolute atomic E-state index is 12.5. The molecule has 0 spiro atoms. The number of nitrogens with zero attached hydrogens (tertiary/aromatic N) is 3. The summed E-state index contributed by atoms with van der Waals surface area (Å²) in [6.45, 7) is 8.68. The Labute approximate surface area is 127 Å². The molecular formula is C16H27N3O2. The highest BCUT2D eigenvalue weighted by Gasteiger charge is 2.35. The molecule has 1 saturated heterocycles. The second-order valence-corrected chi connectivity index (χ2v) is 6.95. The van der Waals surface area contributed by atoms with E-state index in [4.69, 9.17) is 4.74 Å². The van der Waals surface area contributed by atoms with Gasteiger partial charge in [0.1, 0.15) is 5.60 Å². The average molecular weight is 293 g/mol. The van der Waals surface area contributed by atoms with E-state index in [2.05, 4.69) is 12.0 Å². The number of likely N-dealkylation sites (tertiary alicyclic amines) is 1. The Morgan fingerprint density at radius 1 is 1.43 bits per heavy atom. The summed E-state index contributed by atoms with van der Waals surface area (Å²) < 4.78 is 7.37. The molecule has 2 heterocycles. The van der Waals surface area contributed by atoms with Gasteiger partial charge in [0, 0.05) is 25.4 Å². The zero-order chi connectivity index (χ0) is 15.6. The maximum atomic E-state index is 12.5. The summed E-state index contributed by atoms with van der Waals surface area (Å²) >= 11 is 0. The average Bonchev–Trinajstić information content (AvgIpc) is 2.82. The molecule has 0 aliphatic carbocycles. The van der Waals surface area contributed by atoms with Crippen LogP contribution in [0, 0.1) is 5.92 Å². The van der Waals surface area contributed by atoms with E-state index in [0.717, 1.165) is 31.4 Å². The molecule has 0 radical (unpaired) electrons. The first-order valence-electron chi connectivity index (χ1n) is 7.78. The van der Waals surface area contributed by atoms with Crippen LogP contribution in [0.4, 0.5) is 4.79 Å². The normalized spacial score (nSPS) is 23.2. The Morgan fingerprint density at radius 3 is 2.67 bits per heavy atom. The summed E-state index contributed by atoms with van der Waals surface area (Å²) in [5, 5.41) is 4.24. The van der Waals surface area contributed by atoms with Crippen LogP contribution < -0.4 is 0 Å². The van der Waals surface area contributed by atoms with Crippen LogP contribution in [0.1, 0.15) is 58.6 Å². The van der Waals surface area contributed by atoms with Crippen molar-refractivity contribution in [2.24, 2.45) is 13.0 Å². The summed E-state index contributed by atoms with van der Waals surface area (Å²) in [4.78, 5) is 14.4. The second kappa shape index (κ2) is 6.08. The zero-order valence-corrected chi connectivity index (χ0v) is 13.8. The first-order chi connectivity index (χ1) is 9.80. The molecule has 21 heavy (non-hydrogen) atoms. The third kappa shape index (κ3) is 3.99. The number of hydrogen-bond acceptors (Lipinski definition) is 3. The van der Waals surface area contributed by atoms with Crippen molar-refractivity contribution in [3.8, 4) is 0 Å². The van der Waals surface area contributed by atoms with Crippen molar-refractivity contribution in [1.82, 2.24) is 14.7 Å². The molecule has 118 valence electrons. The van der Waals surface area contributed by atoms with Gasteiger partial charge in [-0.05, 0) is 39.5 Å². The number of ether oxygens (including phenoxy) is 1. The van der Waals surface area contributed by atoms with Gasteiger partial charge in [-0.1, -0.05) is 13.3 Å². The number of carbonyl (C=O) groups is 1. The van der Waals surface area contributed by atoms with Crippen LogP contribution in [-0.2, 0) is 11.8 Å². The van der Waals surface area contributed by atoms with Crippen LogP contribution in [0.5, 0.6) is 0 Å². The minimum atomic E-state index is -0.463. The Kier molecular flexibility index (Phi) is 4.59. The third-order valence-corrected chi connectivity index (χ3v) is 3.99. The fourth-order valence-corrected chi connectivity index (χ4v) is 2.86. The fourth-order valence-electron chi connectivity index (χ4n) is 2.86. The Balaban J connectivity index is 2.19. The summed E-state index contributed by atoms with van der Waals surface area (Å²) in [5.74, 6) is 0.561. The molecule has 0 unspecified atom stereocenters. The predicted octanol–water partition coefficient (Wildman–Crippen LogP) is 3.52. The van der Waals surface area contributed by atoms with Gasteiger partial charge in [0.05, 0.1) is 12.2 Å². The lowest BCUT2D eigenvalue weighted by atomic mass is 9.89. The van der Waals surface area contributed by atoms with E-state index in [1.54, 1.807) is 4.68 Å². The Bertz CT molecular complexity index is 490. The highest BCUT2D eigenvalue weighted by molar-refractivity contribution is 5.69. The van der Waals surface area contributed by atoms with E-state index in [-0.39, 0.29) is 12.1 Å². The van der Waals surface area contributed by atoms with Gasteiger partial charge in [0.15, 0.2) is 0 Å². The van der Waals surface area contributed by atoms with E-state index in [0.29, 0.717) is 5.92 Å². The molecule has 0 aromatic carbocycles. The molecule has 0 N–H and O–H groups in total. The van der Waals surface area contributed by atoms with Crippen molar-refractivity contribution in [1.29, 1.82) is 0 Å². The number of carbonyl (C=O) groups excluding carboxylic acids is 1. The molecular weight excluding hydrogens is 266 g/mol. The SMILES string of the molecule is CC[C@@H]1CC[C@@H](c2cnn(C)c2)N(C(=O)OC(C)(C)C)C1. The van der Waals surface area contributed by atoms with Crippen molar-refractivity contribution >= 4 is 6.09 Å². The molecule has 1 fully saturated rings. The molecule has 1 aromatic rings. The van der Waals surface area contributed by atoms with E-state index >= 15 is 0 Å². The zero-order valence-electron chi connectivity index (χ0n) is 13.8. The lowest BCUT2D eigenvalue weighted by Gasteiger charge is -2.39. The van der Waals surface area contributed by atoms with E-state index < -0.39 is 5.60 Å². The second-order valence-electron chi connectivity index (χ2n) is 6.95. The highest BCUT2D eigenvalue weighted by Crippen LogP contribution is 2.35. The van der Waals surface area contributed by atoms with Gasteiger partial charge >= 0.3 is 6.09 Å². The molecule has 1 aromatic heterocycles. The molecule has 5 heteroatoms. The minimum absolute atomic E-state index is 0.0800. The third-order valence-electron chi connectivity index (χ3n) is 3.99. The van der Waals surface area contributed by atoms with Gasteiger partial charge < -0.3 is 9.64 Å². The van der Waals surface area contributed by atoms with Gasteiger partial charge in [0.25, 0.3) is 0 Å². The largest absolute Gasteiger partial charge is 0.444 e. The molecule has 1 amide bonds. The molecule has 2 rings (SSSR count). The number of amides is 1. The topological polar surface area (TPSA) is 47.4 Å². The fraction of sp³-hybridized carbons (Fsp3) is 0.750. The molecule has 0 saturated carbocycles. The van der Waals surface area contributed by atoms with Gasteiger partial charge in [-0.15, -0.1) is 0 Å². The van der Waals surface area contributed by atoms with E-state index in [1.807, 2.05) is 45.1 Å². The number of piperidine rings is 1. The highest BCUT2D eigenvalue weighted by atomic mass is 16.6. The summed E-state index contributed by atoms with van der Waals surface area (Å²) in [6.07, 6.45) is 6.86. The van der Waals surface area contributed by atoms with E-state index in [9.17, 15) is 4.79 Å². The molecule has 5 nitrogen and oxygen atoms in total.